The predicted octanol–water partition coefficient (Wildman–Crippen LogP) is 3.66. The highest BCUT2D eigenvalue weighted by atomic mass is 35.5. The van der Waals surface area contributed by atoms with Crippen LogP contribution in [0.5, 0.6) is 0 Å². The monoisotopic (exact) mass is 283 g/mol. The standard InChI is InChI=1S/C12H11ClFN3S/c13-9-5-7(1-4-10(9)14)6-17-11(8-2-3-8)15-16-12(17)18/h1,4-5,8H,2-3,6H2,(H,16,18). The van der Waals surface area contributed by atoms with Crippen LogP contribution >= 0.6 is 23.8 Å². The van der Waals surface area contributed by atoms with E-state index in [-0.39, 0.29) is 5.02 Å². The van der Waals surface area contributed by atoms with E-state index in [9.17, 15) is 4.39 Å². The summed E-state index contributed by atoms with van der Waals surface area (Å²) in [6, 6.07) is 4.72. The van der Waals surface area contributed by atoms with E-state index in [0.29, 0.717) is 17.2 Å². The van der Waals surface area contributed by atoms with E-state index in [0.717, 1.165) is 24.2 Å². The number of halogens is 2. The molecule has 1 aromatic carbocycles. The van der Waals surface area contributed by atoms with Gasteiger partial charge in [0.2, 0.25) is 0 Å². The van der Waals surface area contributed by atoms with E-state index >= 15 is 0 Å². The third-order valence-electron chi connectivity index (χ3n) is 3.05. The van der Waals surface area contributed by atoms with Gasteiger partial charge >= 0.3 is 0 Å². The van der Waals surface area contributed by atoms with Gasteiger partial charge in [-0.15, -0.1) is 0 Å². The average Bonchev–Trinajstić information content (AvgIpc) is 3.12. The Labute approximate surface area is 114 Å². The van der Waals surface area contributed by atoms with Gasteiger partial charge < -0.3 is 0 Å². The van der Waals surface area contributed by atoms with Gasteiger partial charge in [0.1, 0.15) is 11.6 Å². The fraction of sp³-hybridized carbons (Fsp3) is 0.333. The molecule has 0 radical (unpaired) electrons. The zero-order chi connectivity index (χ0) is 12.7. The van der Waals surface area contributed by atoms with Crippen molar-refractivity contribution in [3.63, 3.8) is 0 Å². The van der Waals surface area contributed by atoms with Gasteiger partial charge in [-0.3, -0.25) is 9.67 Å². The molecule has 2 aromatic rings. The van der Waals surface area contributed by atoms with Crippen LogP contribution in [0.1, 0.15) is 30.1 Å². The minimum absolute atomic E-state index is 0.135. The van der Waals surface area contributed by atoms with Crippen LogP contribution in [0.3, 0.4) is 0 Å². The Balaban J connectivity index is 1.94. The zero-order valence-corrected chi connectivity index (χ0v) is 11.1. The molecule has 0 atom stereocenters. The fourth-order valence-corrected chi connectivity index (χ4v) is 2.36. The van der Waals surface area contributed by atoms with E-state index in [2.05, 4.69) is 10.2 Å². The quantitative estimate of drug-likeness (QED) is 0.872. The minimum atomic E-state index is -0.404. The fourth-order valence-electron chi connectivity index (χ4n) is 1.96. The lowest BCUT2D eigenvalue weighted by atomic mass is 10.2. The Morgan fingerprint density at radius 1 is 1.50 bits per heavy atom. The Morgan fingerprint density at radius 2 is 2.28 bits per heavy atom. The summed E-state index contributed by atoms with van der Waals surface area (Å²) in [4.78, 5) is 0. The molecule has 1 fully saturated rings. The van der Waals surface area contributed by atoms with Gasteiger partial charge in [-0.05, 0) is 42.8 Å². The van der Waals surface area contributed by atoms with Crippen LogP contribution < -0.4 is 0 Å². The Bertz CT molecular complexity index is 645. The summed E-state index contributed by atoms with van der Waals surface area (Å²) in [5.41, 5.74) is 0.917. The van der Waals surface area contributed by atoms with Crippen molar-refractivity contribution in [3.05, 3.63) is 45.2 Å². The Kier molecular flexibility index (Phi) is 2.95. The number of aromatic nitrogens is 3. The summed E-state index contributed by atoms with van der Waals surface area (Å²) in [6.45, 7) is 0.571. The smallest absolute Gasteiger partial charge is 0.195 e. The van der Waals surface area contributed by atoms with Crippen LogP contribution in [0.15, 0.2) is 18.2 Å². The second-order valence-electron chi connectivity index (χ2n) is 4.50. The summed E-state index contributed by atoms with van der Waals surface area (Å²) in [7, 11) is 0. The average molecular weight is 284 g/mol. The highest BCUT2D eigenvalue weighted by molar-refractivity contribution is 7.71. The number of nitrogens with one attached hydrogen (secondary N) is 1. The molecule has 3 rings (SSSR count). The molecule has 94 valence electrons. The van der Waals surface area contributed by atoms with Crippen LogP contribution in [-0.4, -0.2) is 14.8 Å². The van der Waals surface area contributed by atoms with Crippen LogP contribution in [0.25, 0.3) is 0 Å². The summed E-state index contributed by atoms with van der Waals surface area (Å²) < 4.78 is 15.6. The van der Waals surface area contributed by atoms with Crippen molar-refractivity contribution in [2.24, 2.45) is 0 Å². The van der Waals surface area contributed by atoms with Crippen molar-refractivity contribution >= 4 is 23.8 Å². The van der Waals surface area contributed by atoms with Gasteiger partial charge in [-0.2, -0.15) is 5.10 Å². The summed E-state index contributed by atoms with van der Waals surface area (Å²) in [5.74, 6) is 1.09. The number of hydrogen-bond acceptors (Lipinski definition) is 2. The maximum absolute atomic E-state index is 13.1. The molecular formula is C12H11ClFN3S. The molecule has 0 bridgehead atoms. The molecule has 1 N–H and O–H groups in total. The first-order chi connectivity index (χ1) is 8.65. The summed E-state index contributed by atoms with van der Waals surface area (Å²) >= 11 is 11.0. The molecule has 18 heavy (non-hydrogen) atoms. The molecule has 1 aromatic heterocycles. The van der Waals surface area contributed by atoms with E-state index in [1.165, 1.54) is 6.07 Å². The molecule has 3 nitrogen and oxygen atoms in total. The molecule has 0 spiro atoms. The highest BCUT2D eigenvalue weighted by Gasteiger charge is 2.29. The van der Waals surface area contributed by atoms with Gasteiger partial charge in [0.05, 0.1) is 11.6 Å². The topological polar surface area (TPSA) is 33.6 Å². The van der Waals surface area contributed by atoms with Crippen LogP contribution in [0.2, 0.25) is 5.02 Å². The molecular weight excluding hydrogens is 273 g/mol. The molecule has 0 saturated heterocycles. The molecule has 0 aliphatic heterocycles. The molecule has 6 heteroatoms. The van der Waals surface area contributed by atoms with Gasteiger partial charge in [-0.25, -0.2) is 4.39 Å². The predicted molar refractivity (Wildman–Crippen MR) is 69.9 cm³/mol. The van der Waals surface area contributed by atoms with Crippen LogP contribution in [0.4, 0.5) is 4.39 Å². The lowest BCUT2D eigenvalue weighted by Crippen LogP contribution is -2.04. The largest absolute Gasteiger partial charge is 0.299 e. The maximum atomic E-state index is 13.1. The molecule has 0 amide bonds. The molecule has 1 aliphatic carbocycles. The van der Waals surface area contributed by atoms with Crippen molar-refractivity contribution in [2.75, 3.05) is 0 Å². The van der Waals surface area contributed by atoms with Gasteiger partial charge in [0.25, 0.3) is 0 Å². The number of hydrogen-bond donors (Lipinski definition) is 1. The van der Waals surface area contributed by atoms with E-state index in [1.54, 1.807) is 12.1 Å². The Hall–Kier alpha value is -1.20. The van der Waals surface area contributed by atoms with Gasteiger partial charge in [0, 0.05) is 5.92 Å². The Morgan fingerprint density at radius 3 is 2.94 bits per heavy atom. The van der Waals surface area contributed by atoms with Crippen molar-refractivity contribution in [2.45, 2.75) is 25.3 Å². The van der Waals surface area contributed by atoms with Gasteiger partial charge in [-0.1, -0.05) is 17.7 Å². The van der Waals surface area contributed by atoms with E-state index in [1.807, 2.05) is 4.57 Å². The first kappa shape index (κ1) is 11.9. The second-order valence-corrected chi connectivity index (χ2v) is 5.29. The van der Waals surface area contributed by atoms with Crippen molar-refractivity contribution < 1.29 is 4.39 Å². The molecule has 0 unspecified atom stereocenters. The second kappa shape index (κ2) is 4.48. The lowest BCUT2D eigenvalue weighted by Gasteiger charge is -2.07. The molecule has 1 saturated carbocycles. The lowest BCUT2D eigenvalue weighted by molar-refractivity contribution is 0.626. The number of nitrogens with zero attached hydrogens (tertiary/aromatic N) is 2. The molecule has 1 aliphatic rings. The zero-order valence-electron chi connectivity index (χ0n) is 9.49. The van der Waals surface area contributed by atoms with Crippen molar-refractivity contribution in [3.8, 4) is 0 Å². The number of rotatable bonds is 3. The van der Waals surface area contributed by atoms with Gasteiger partial charge in [0.15, 0.2) is 4.77 Å². The highest BCUT2D eigenvalue weighted by Crippen LogP contribution is 2.39. The van der Waals surface area contributed by atoms with Crippen LogP contribution in [0, 0.1) is 10.6 Å². The molecule has 1 heterocycles. The first-order valence-electron chi connectivity index (χ1n) is 5.74. The summed E-state index contributed by atoms with van der Waals surface area (Å²) in [6.07, 6.45) is 2.31. The third-order valence-corrected chi connectivity index (χ3v) is 3.66. The minimum Gasteiger partial charge on any atom is -0.299 e. The SMILES string of the molecule is Fc1ccc(Cn2c(C3CC3)n[nH]c2=S)cc1Cl. The van der Waals surface area contributed by atoms with E-state index in [4.69, 9.17) is 23.8 Å². The van der Waals surface area contributed by atoms with Crippen LogP contribution in [-0.2, 0) is 6.54 Å². The number of benzene rings is 1. The first-order valence-corrected chi connectivity index (χ1v) is 6.53. The number of H-pyrrole nitrogens is 1. The third kappa shape index (κ3) is 2.20. The number of aromatic amines is 1. The van der Waals surface area contributed by atoms with E-state index < -0.39 is 5.82 Å². The normalized spacial score (nSPS) is 15.0. The van der Waals surface area contributed by atoms with Crippen molar-refractivity contribution in [1.29, 1.82) is 0 Å². The van der Waals surface area contributed by atoms with Crippen molar-refractivity contribution in [1.82, 2.24) is 14.8 Å². The summed E-state index contributed by atoms with van der Waals surface area (Å²) in [5, 5.41) is 7.20. The maximum Gasteiger partial charge on any atom is 0.195 e.